The molecular formula is C16H20N2S. The Bertz CT molecular complexity index is 633. The highest BCUT2D eigenvalue weighted by molar-refractivity contribution is 7.71. The molecule has 2 nitrogen and oxygen atoms in total. The molecule has 0 radical (unpaired) electrons. The van der Waals surface area contributed by atoms with Crippen molar-refractivity contribution in [1.29, 1.82) is 0 Å². The first kappa shape index (κ1) is 12.7. The van der Waals surface area contributed by atoms with Crippen LogP contribution in [0.5, 0.6) is 0 Å². The van der Waals surface area contributed by atoms with Crippen LogP contribution in [0.15, 0.2) is 30.5 Å². The van der Waals surface area contributed by atoms with Crippen LogP contribution in [0, 0.1) is 4.77 Å². The lowest BCUT2D eigenvalue weighted by atomic mass is 9.92. The third-order valence-electron chi connectivity index (χ3n) is 3.97. The average Bonchev–Trinajstić information content (AvgIpc) is 2.90. The minimum Gasteiger partial charge on any atom is -0.337 e. The number of H-pyrrole nitrogens is 1. The van der Waals surface area contributed by atoms with Gasteiger partial charge in [-0.2, -0.15) is 0 Å². The van der Waals surface area contributed by atoms with Gasteiger partial charge in [0.15, 0.2) is 4.77 Å². The maximum Gasteiger partial charge on any atom is 0.177 e. The molecule has 1 aromatic heterocycles. The Morgan fingerprint density at radius 3 is 2.26 bits per heavy atom. The first-order valence-corrected chi connectivity index (χ1v) is 7.25. The number of nitrogens with one attached hydrogen (secondary N) is 1. The summed E-state index contributed by atoms with van der Waals surface area (Å²) in [5, 5.41) is 0. The van der Waals surface area contributed by atoms with Crippen LogP contribution < -0.4 is 0 Å². The number of aromatic amines is 1. The van der Waals surface area contributed by atoms with E-state index in [1.54, 1.807) is 0 Å². The molecule has 0 amide bonds. The first-order chi connectivity index (χ1) is 8.97. The topological polar surface area (TPSA) is 20.7 Å². The fraction of sp³-hybridized carbons (Fsp3) is 0.438. The molecule has 1 heterocycles. The van der Waals surface area contributed by atoms with Crippen molar-refractivity contribution in [2.75, 3.05) is 0 Å². The monoisotopic (exact) mass is 272 g/mol. The van der Waals surface area contributed by atoms with E-state index >= 15 is 0 Å². The summed E-state index contributed by atoms with van der Waals surface area (Å²) in [4.78, 5) is 3.23. The summed E-state index contributed by atoms with van der Waals surface area (Å²) in [5.74, 6) is 0. The van der Waals surface area contributed by atoms with E-state index in [1.807, 2.05) is 0 Å². The minimum atomic E-state index is 0.113. The van der Waals surface area contributed by atoms with Gasteiger partial charge in [-0.1, -0.05) is 45.0 Å². The SMILES string of the molecule is CC(C)(C)c1c[nH]c(=S)n1C1Cc2ccccc2C1. The van der Waals surface area contributed by atoms with Crippen molar-refractivity contribution in [2.45, 2.75) is 45.1 Å². The summed E-state index contributed by atoms with van der Waals surface area (Å²) in [6.07, 6.45) is 4.25. The van der Waals surface area contributed by atoms with E-state index in [2.05, 4.69) is 60.8 Å². The van der Waals surface area contributed by atoms with Gasteiger partial charge in [-0.15, -0.1) is 0 Å². The van der Waals surface area contributed by atoms with Crippen molar-refractivity contribution in [3.05, 3.63) is 52.1 Å². The number of fused-ring (bicyclic) bond motifs is 1. The van der Waals surface area contributed by atoms with Crippen molar-refractivity contribution < 1.29 is 0 Å². The van der Waals surface area contributed by atoms with Gasteiger partial charge in [-0.05, 0) is 36.2 Å². The third kappa shape index (κ3) is 2.16. The third-order valence-corrected chi connectivity index (χ3v) is 4.29. The fourth-order valence-electron chi connectivity index (χ4n) is 3.04. The van der Waals surface area contributed by atoms with Gasteiger partial charge in [0.05, 0.1) is 0 Å². The molecule has 3 heteroatoms. The molecule has 1 aromatic carbocycles. The Hall–Kier alpha value is -1.35. The zero-order valence-electron chi connectivity index (χ0n) is 11.7. The lowest BCUT2D eigenvalue weighted by molar-refractivity contribution is 0.450. The fourth-order valence-corrected chi connectivity index (χ4v) is 3.34. The summed E-state index contributed by atoms with van der Waals surface area (Å²) in [6, 6.07) is 9.19. The van der Waals surface area contributed by atoms with E-state index in [-0.39, 0.29) is 5.41 Å². The second-order valence-electron chi connectivity index (χ2n) is 6.43. The smallest absolute Gasteiger partial charge is 0.177 e. The van der Waals surface area contributed by atoms with Crippen LogP contribution in [0.1, 0.15) is 43.6 Å². The molecule has 1 N–H and O–H groups in total. The zero-order valence-corrected chi connectivity index (χ0v) is 12.6. The normalized spacial score (nSPS) is 15.7. The molecule has 3 rings (SSSR count). The zero-order chi connectivity index (χ0) is 13.6. The second-order valence-corrected chi connectivity index (χ2v) is 6.82. The highest BCUT2D eigenvalue weighted by Crippen LogP contribution is 2.34. The molecule has 1 aliphatic rings. The molecule has 0 unspecified atom stereocenters. The molecule has 1 aliphatic carbocycles. The quantitative estimate of drug-likeness (QED) is 0.772. The van der Waals surface area contributed by atoms with Gasteiger partial charge in [0.1, 0.15) is 0 Å². The van der Waals surface area contributed by atoms with Crippen molar-refractivity contribution in [3.63, 3.8) is 0 Å². The molecule has 2 aromatic rings. The van der Waals surface area contributed by atoms with Gasteiger partial charge in [-0.3, -0.25) is 0 Å². The maximum atomic E-state index is 5.50. The number of hydrogen-bond donors (Lipinski definition) is 1. The van der Waals surface area contributed by atoms with E-state index in [9.17, 15) is 0 Å². The molecule has 0 fully saturated rings. The molecular weight excluding hydrogens is 252 g/mol. The Morgan fingerprint density at radius 1 is 1.16 bits per heavy atom. The number of hydrogen-bond acceptors (Lipinski definition) is 1. The van der Waals surface area contributed by atoms with E-state index in [1.165, 1.54) is 16.8 Å². The standard InChI is InChI=1S/C16H20N2S/c1-16(2,3)14-10-17-15(19)18(14)13-8-11-6-4-5-7-12(11)9-13/h4-7,10,13H,8-9H2,1-3H3,(H,17,19). The van der Waals surface area contributed by atoms with Crippen molar-refractivity contribution in [1.82, 2.24) is 9.55 Å². The van der Waals surface area contributed by atoms with E-state index < -0.39 is 0 Å². The van der Waals surface area contributed by atoms with Crippen LogP contribution in [-0.4, -0.2) is 9.55 Å². The summed E-state index contributed by atoms with van der Waals surface area (Å²) in [7, 11) is 0. The second kappa shape index (κ2) is 4.34. The first-order valence-electron chi connectivity index (χ1n) is 6.84. The highest BCUT2D eigenvalue weighted by Gasteiger charge is 2.28. The summed E-state index contributed by atoms with van der Waals surface area (Å²) in [5.41, 5.74) is 4.35. The van der Waals surface area contributed by atoms with Crippen LogP contribution in [0.3, 0.4) is 0 Å². The molecule has 19 heavy (non-hydrogen) atoms. The van der Waals surface area contributed by atoms with Gasteiger partial charge >= 0.3 is 0 Å². The van der Waals surface area contributed by atoms with Crippen molar-refractivity contribution >= 4 is 12.2 Å². The van der Waals surface area contributed by atoms with Gasteiger partial charge in [0, 0.05) is 23.3 Å². The lowest BCUT2D eigenvalue weighted by Crippen LogP contribution is -2.21. The highest BCUT2D eigenvalue weighted by atomic mass is 32.1. The van der Waals surface area contributed by atoms with Crippen LogP contribution in [0.25, 0.3) is 0 Å². The largest absolute Gasteiger partial charge is 0.337 e. The lowest BCUT2D eigenvalue weighted by Gasteiger charge is -2.24. The van der Waals surface area contributed by atoms with Crippen LogP contribution >= 0.6 is 12.2 Å². The van der Waals surface area contributed by atoms with E-state index in [4.69, 9.17) is 12.2 Å². The summed E-state index contributed by atoms with van der Waals surface area (Å²) >= 11 is 5.50. The number of imidazole rings is 1. The number of rotatable bonds is 1. The number of benzene rings is 1. The molecule has 0 bridgehead atoms. The Kier molecular flexibility index (Phi) is 2.90. The molecule has 0 saturated heterocycles. The predicted molar refractivity (Wildman–Crippen MR) is 81.2 cm³/mol. The summed E-state index contributed by atoms with van der Waals surface area (Å²) < 4.78 is 3.18. The summed E-state index contributed by atoms with van der Waals surface area (Å²) in [6.45, 7) is 6.72. The number of aromatic nitrogens is 2. The Morgan fingerprint density at radius 2 is 1.74 bits per heavy atom. The van der Waals surface area contributed by atoms with Crippen molar-refractivity contribution in [2.24, 2.45) is 0 Å². The van der Waals surface area contributed by atoms with Crippen LogP contribution in [0.4, 0.5) is 0 Å². The van der Waals surface area contributed by atoms with E-state index in [0.717, 1.165) is 17.6 Å². The Labute approximate surface area is 119 Å². The maximum absolute atomic E-state index is 5.50. The molecule has 100 valence electrons. The van der Waals surface area contributed by atoms with Crippen LogP contribution in [-0.2, 0) is 18.3 Å². The average molecular weight is 272 g/mol. The van der Waals surface area contributed by atoms with Crippen molar-refractivity contribution in [3.8, 4) is 0 Å². The predicted octanol–water partition coefficient (Wildman–Crippen LogP) is 4.18. The Balaban J connectivity index is 2.02. The van der Waals surface area contributed by atoms with Gasteiger partial charge in [-0.25, -0.2) is 0 Å². The van der Waals surface area contributed by atoms with Gasteiger partial charge in [0.2, 0.25) is 0 Å². The van der Waals surface area contributed by atoms with Gasteiger partial charge in [0.25, 0.3) is 0 Å². The molecule has 0 aliphatic heterocycles. The van der Waals surface area contributed by atoms with Crippen LogP contribution in [0.2, 0.25) is 0 Å². The molecule has 0 saturated carbocycles. The van der Waals surface area contributed by atoms with Gasteiger partial charge < -0.3 is 9.55 Å². The minimum absolute atomic E-state index is 0.113. The molecule has 0 atom stereocenters. The van der Waals surface area contributed by atoms with E-state index in [0.29, 0.717) is 6.04 Å². The number of nitrogens with zero attached hydrogens (tertiary/aromatic N) is 1. The molecule has 0 spiro atoms.